The zero-order valence-electron chi connectivity index (χ0n) is 17.5. The van der Waals surface area contributed by atoms with Gasteiger partial charge < -0.3 is 14.5 Å². The SMILES string of the molecule is COc1ccccc1NS(=O)(=O)c1ccc(C(=O)NC[C@@H](c2ccco2)N(C)C)cc1. The highest BCUT2D eigenvalue weighted by Gasteiger charge is 2.20. The van der Waals surface area contributed by atoms with Crippen molar-refractivity contribution in [1.82, 2.24) is 10.2 Å². The van der Waals surface area contributed by atoms with Gasteiger partial charge >= 0.3 is 0 Å². The number of carbonyl (C=O) groups is 1. The number of anilines is 1. The normalized spacial score (nSPS) is 12.4. The maximum Gasteiger partial charge on any atom is 0.262 e. The molecule has 1 aromatic heterocycles. The molecule has 1 amide bonds. The quantitative estimate of drug-likeness (QED) is 0.527. The molecule has 3 aromatic rings. The van der Waals surface area contributed by atoms with Crippen LogP contribution in [0.3, 0.4) is 0 Å². The number of para-hydroxylation sites is 2. The number of benzene rings is 2. The molecule has 0 radical (unpaired) electrons. The highest BCUT2D eigenvalue weighted by Crippen LogP contribution is 2.26. The molecule has 0 saturated heterocycles. The Kier molecular flexibility index (Phi) is 6.98. The maximum atomic E-state index is 12.7. The van der Waals surface area contributed by atoms with E-state index >= 15 is 0 Å². The van der Waals surface area contributed by atoms with E-state index in [0.717, 1.165) is 5.76 Å². The van der Waals surface area contributed by atoms with Crippen LogP contribution in [0, 0.1) is 0 Å². The molecular weight excluding hydrogens is 418 g/mol. The Morgan fingerprint density at radius 2 is 1.77 bits per heavy atom. The van der Waals surface area contributed by atoms with Crippen LogP contribution in [0.15, 0.2) is 76.2 Å². The summed E-state index contributed by atoms with van der Waals surface area (Å²) in [6, 6.07) is 16.0. The van der Waals surface area contributed by atoms with Crippen LogP contribution in [0.2, 0.25) is 0 Å². The van der Waals surface area contributed by atoms with Crippen LogP contribution in [0.25, 0.3) is 0 Å². The summed E-state index contributed by atoms with van der Waals surface area (Å²) in [6.45, 7) is 0.342. The fraction of sp³-hybridized carbons (Fsp3) is 0.227. The van der Waals surface area contributed by atoms with E-state index in [4.69, 9.17) is 9.15 Å². The second-order valence-electron chi connectivity index (χ2n) is 7.04. The molecule has 0 saturated carbocycles. The van der Waals surface area contributed by atoms with Crippen LogP contribution >= 0.6 is 0 Å². The van der Waals surface area contributed by atoms with Crippen molar-refractivity contribution in [2.75, 3.05) is 32.5 Å². The van der Waals surface area contributed by atoms with Crippen molar-refractivity contribution in [2.24, 2.45) is 0 Å². The first-order valence-electron chi connectivity index (χ1n) is 9.56. The van der Waals surface area contributed by atoms with E-state index in [-0.39, 0.29) is 16.8 Å². The molecule has 9 heteroatoms. The van der Waals surface area contributed by atoms with Gasteiger partial charge in [0.05, 0.1) is 30.0 Å². The second-order valence-corrected chi connectivity index (χ2v) is 8.72. The van der Waals surface area contributed by atoms with E-state index in [1.54, 1.807) is 36.6 Å². The highest BCUT2D eigenvalue weighted by molar-refractivity contribution is 7.92. The number of hydrogen-bond donors (Lipinski definition) is 2. The Bertz CT molecular complexity index is 1110. The van der Waals surface area contributed by atoms with Crippen LogP contribution in [0.1, 0.15) is 22.2 Å². The number of sulfonamides is 1. The predicted octanol–water partition coefficient (Wildman–Crippen LogP) is 3.12. The third-order valence-electron chi connectivity index (χ3n) is 4.73. The molecular formula is C22H25N3O5S. The van der Waals surface area contributed by atoms with Gasteiger partial charge in [0.2, 0.25) is 0 Å². The van der Waals surface area contributed by atoms with Gasteiger partial charge in [0.1, 0.15) is 11.5 Å². The van der Waals surface area contributed by atoms with Crippen LogP contribution in [0.5, 0.6) is 5.75 Å². The van der Waals surface area contributed by atoms with Gasteiger partial charge in [-0.1, -0.05) is 12.1 Å². The summed E-state index contributed by atoms with van der Waals surface area (Å²) in [7, 11) is 1.42. The Morgan fingerprint density at radius 1 is 1.06 bits per heavy atom. The first-order chi connectivity index (χ1) is 14.8. The first kappa shape index (κ1) is 22.4. The monoisotopic (exact) mass is 443 g/mol. The molecule has 0 aliphatic rings. The molecule has 31 heavy (non-hydrogen) atoms. The molecule has 2 N–H and O–H groups in total. The summed E-state index contributed by atoms with van der Waals surface area (Å²) in [4.78, 5) is 14.5. The van der Waals surface area contributed by atoms with Crippen molar-refractivity contribution >= 4 is 21.6 Å². The number of furan rings is 1. The summed E-state index contributed by atoms with van der Waals surface area (Å²) in [6.07, 6.45) is 1.59. The van der Waals surface area contributed by atoms with Gasteiger partial charge in [-0.15, -0.1) is 0 Å². The Morgan fingerprint density at radius 3 is 2.39 bits per heavy atom. The molecule has 1 heterocycles. The predicted molar refractivity (Wildman–Crippen MR) is 118 cm³/mol. The smallest absolute Gasteiger partial charge is 0.262 e. The molecule has 0 fully saturated rings. The third-order valence-corrected chi connectivity index (χ3v) is 6.11. The van der Waals surface area contributed by atoms with Crippen LogP contribution in [-0.4, -0.2) is 47.0 Å². The zero-order chi connectivity index (χ0) is 22.4. The zero-order valence-corrected chi connectivity index (χ0v) is 18.3. The van der Waals surface area contributed by atoms with Gasteiger partial charge in [0.25, 0.3) is 15.9 Å². The van der Waals surface area contributed by atoms with Crippen molar-refractivity contribution in [3.63, 3.8) is 0 Å². The van der Waals surface area contributed by atoms with Gasteiger partial charge in [0, 0.05) is 12.1 Å². The summed E-state index contributed by atoms with van der Waals surface area (Å²) < 4.78 is 38.5. The average molecular weight is 444 g/mol. The number of carbonyl (C=O) groups excluding carboxylic acids is 1. The lowest BCUT2D eigenvalue weighted by molar-refractivity contribution is 0.0939. The van der Waals surface area contributed by atoms with Crippen molar-refractivity contribution in [3.8, 4) is 5.75 Å². The van der Waals surface area contributed by atoms with Crippen molar-refractivity contribution in [1.29, 1.82) is 0 Å². The van der Waals surface area contributed by atoms with Gasteiger partial charge in [0.15, 0.2) is 0 Å². The summed E-state index contributed by atoms with van der Waals surface area (Å²) >= 11 is 0. The van der Waals surface area contributed by atoms with Crippen LogP contribution in [0.4, 0.5) is 5.69 Å². The topological polar surface area (TPSA) is 101 Å². The van der Waals surface area contributed by atoms with Crippen molar-refractivity contribution in [3.05, 3.63) is 78.3 Å². The summed E-state index contributed by atoms with van der Waals surface area (Å²) in [5.74, 6) is 0.850. The lowest BCUT2D eigenvalue weighted by Gasteiger charge is -2.22. The highest BCUT2D eigenvalue weighted by atomic mass is 32.2. The lowest BCUT2D eigenvalue weighted by atomic mass is 10.2. The molecule has 3 rings (SSSR count). The molecule has 2 aromatic carbocycles. The Balaban J connectivity index is 1.68. The minimum Gasteiger partial charge on any atom is -0.495 e. The van der Waals surface area contributed by atoms with Crippen LogP contribution in [-0.2, 0) is 10.0 Å². The lowest BCUT2D eigenvalue weighted by Crippen LogP contribution is -2.34. The maximum absolute atomic E-state index is 12.7. The van der Waals surface area contributed by atoms with E-state index < -0.39 is 10.0 Å². The van der Waals surface area contributed by atoms with Gasteiger partial charge in [-0.25, -0.2) is 8.42 Å². The van der Waals surface area contributed by atoms with E-state index in [0.29, 0.717) is 23.5 Å². The Hall–Kier alpha value is -3.30. The summed E-state index contributed by atoms with van der Waals surface area (Å²) in [5, 5.41) is 2.86. The van der Waals surface area contributed by atoms with E-state index in [2.05, 4.69) is 10.0 Å². The number of hydrogen-bond acceptors (Lipinski definition) is 6. The third kappa shape index (κ3) is 5.44. The van der Waals surface area contributed by atoms with E-state index in [9.17, 15) is 13.2 Å². The number of likely N-dealkylation sites (N-methyl/N-ethyl adjacent to an activating group) is 1. The van der Waals surface area contributed by atoms with E-state index in [1.165, 1.54) is 31.4 Å². The number of rotatable bonds is 9. The largest absolute Gasteiger partial charge is 0.495 e. The van der Waals surface area contributed by atoms with Gasteiger partial charge in [-0.05, 0) is 62.6 Å². The summed E-state index contributed by atoms with van der Waals surface area (Å²) in [5.41, 5.74) is 0.688. The van der Waals surface area contributed by atoms with Crippen molar-refractivity contribution in [2.45, 2.75) is 10.9 Å². The molecule has 1 atom stereocenters. The number of nitrogens with one attached hydrogen (secondary N) is 2. The fourth-order valence-corrected chi connectivity index (χ4v) is 4.10. The molecule has 164 valence electrons. The molecule has 0 bridgehead atoms. The molecule has 0 aliphatic heterocycles. The van der Waals surface area contributed by atoms with Crippen LogP contribution < -0.4 is 14.8 Å². The number of methoxy groups -OCH3 is 1. The second kappa shape index (κ2) is 9.67. The molecule has 0 unspecified atom stereocenters. The average Bonchev–Trinajstić information content (AvgIpc) is 3.28. The molecule has 0 spiro atoms. The van der Waals surface area contributed by atoms with E-state index in [1.807, 2.05) is 25.1 Å². The van der Waals surface area contributed by atoms with Crippen molar-refractivity contribution < 1.29 is 22.4 Å². The minimum atomic E-state index is -3.84. The number of nitrogens with zero attached hydrogens (tertiary/aromatic N) is 1. The van der Waals surface area contributed by atoms with Gasteiger partial charge in [-0.2, -0.15) is 0 Å². The molecule has 8 nitrogen and oxygen atoms in total. The fourth-order valence-electron chi connectivity index (χ4n) is 3.03. The number of amides is 1. The standard InChI is InChI=1S/C22H25N3O5S/c1-25(2)19(21-9-6-14-30-21)15-23-22(26)16-10-12-17(13-11-16)31(27,28)24-18-7-4-5-8-20(18)29-3/h4-14,19,24H,15H2,1-3H3,(H,23,26)/t19-/m0/s1. The van der Waals surface area contributed by atoms with Gasteiger partial charge in [-0.3, -0.25) is 14.4 Å². The first-order valence-corrected chi connectivity index (χ1v) is 11.0. The number of ether oxygens (including phenoxy) is 1. The Labute approximate surface area is 181 Å². The minimum absolute atomic E-state index is 0.0386. The molecule has 0 aliphatic carbocycles.